The van der Waals surface area contributed by atoms with Gasteiger partial charge in [0.2, 0.25) is 5.90 Å². The number of benzene rings is 2. The number of nitrogens with zero attached hydrogens (tertiary/aromatic N) is 1. The summed E-state index contributed by atoms with van der Waals surface area (Å²) in [6, 6.07) is 12.3. The smallest absolute Gasteiger partial charge is 0.212 e. The summed E-state index contributed by atoms with van der Waals surface area (Å²) in [6.07, 6.45) is 1.69. The molecule has 0 aliphatic heterocycles. The summed E-state index contributed by atoms with van der Waals surface area (Å²) in [6.45, 7) is 0.324. The first-order valence-corrected chi connectivity index (χ1v) is 9.40. The lowest BCUT2D eigenvalue weighted by Crippen LogP contribution is -2.21. The van der Waals surface area contributed by atoms with Crippen LogP contribution in [0.5, 0.6) is 5.75 Å². The molecule has 0 amide bonds. The second kappa shape index (κ2) is 9.00. The lowest BCUT2D eigenvalue weighted by molar-refractivity contribution is 0.296. The average molecular weight is 462 g/mol. The van der Waals surface area contributed by atoms with Crippen molar-refractivity contribution >= 4 is 21.8 Å². The Morgan fingerprint density at radius 1 is 1.14 bits per heavy atom. The van der Waals surface area contributed by atoms with Crippen LogP contribution in [0.2, 0.25) is 0 Å². The minimum Gasteiger partial charge on any atom is -0.487 e. The fraction of sp³-hybridized carbons (Fsp3) is 0.143. The zero-order valence-electron chi connectivity index (χ0n) is 15.5. The molecule has 3 rings (SSSR count). The predicted molar refractivity (Wildman–Crippen MR) is 108 cm³/mol. The van der Waals surface area contributed by atoms with Crippen LogP contribution in [0, 0.1) is 22.5 Å². The van der Waals surface area contributed by atoms with E-state index < -0.39 is 11.6 Å². The molecular formula is C21H18BrF2N3O2. The Balaban J connectivity index is 1.77. The van der Waals surface area contributed by atoms with E-state index in [1.807, 2.05) is 18.2 Å². The zero-order valence-corrected chi connectivity index (χ0v) is 17.1. The largest absolute Gasteiger partial charge is 0.487 e. The van der Waals surface area contributed by atoms with Crippen LogP contribution in [0.3, 0.4) is 0 Å². The van der Waals surface area contributed by atoms with E-state index in [-0.39, 0.29) is 23.6 Å². The normalized spacial score (nSPS) is 10.6. The Labute approximate surface area is 174 Å². The van der Waals surface area contributed by atoms with Gasteiger partial charge in [0.05, 0.1) is 7.11 Å². The molecule has 0 bridgehead atoms. The molecule has 2 N–H and O–H groups in total. The highest BCUT2D eigenvalue weighted by Crippen LogP contribution is 2.22. The summed E-state index contributed by atoms with van der Waals surface area (Å²) in [5.74, 6) is -0.878. The molecule has 3 aromatic rings. The Morgan fingerprint density at radius 2 is 1.93 bits per heavy atom. The predicted octanol–water partition coefficient (Wildman–Crippen LogP) is 4.61. The van der Waals surface area contributed by atoms with Crippen LogP contribution in [-0.4, -0.2) is 17.6 Å². The van der Waals surface area contributed by atoms with Gasteiger partial charge >= 0.3 is 0 Å². The Morgan fingerprint density at radius 3 is 2.66 bits per heavy atom. The molecule has 0 unspecified atom stereocenters. The fourth-order valence-corrected chi connectivity index (χ4v) is 3.19. The Hall–Kier alpha value is -3.00. The summed E-state index contributed by atoms with van der Waals surface area (Å²) in [7, 11) is 1.44. The van der Waals surface area contributed by atoms with Crippen LogP contribution >= 0.6 is 15.9 Å². The number of nitrogens with one attached hydrogen (secondary N) is 2. The second-order valence-corrected chi connectivity index (χ2v) is 7.02. The summed E-state index contributed by atoms with van der Waals surface area (Å²) in [5.41, 5.74) is 1.95. The first-order chi connectivity index (χ1) is 13.9. The Bertz CT molecular complexity index is 1120. The average Bonchev–Trinajstić information content (AvgIpc) is 2.71. The maximum absolute atomic E-state index is 13.8. The molecule has 0 spiro atoms. The molecule has 0 fully saturated rings. The molecule has 1 heterocycles. The highest BCUT2D eigenvalue weighted by molar-refractivity contribution is 9.10. The van der Waals surface area contributed by atoms with Gasteiger partial charge in [-0.2, -0.15) is 0 Å². The van der Waals surface area contributed by atoms with Gasteiger partial charge in [0.15, 0.2) is 0 Å². The first kappa shape index (κ1) is 20.7. The van der Waals surface area contributed by atoms with Crippen molar-refractivity contribution in [3.8, 4) is 5.75 Å². The second-order valence-electron chi connectivity index (χ2n) is 6.23. The standard InChI is InChI=1S/C21H18BrF2N3O2/c1-28-21(26)14-4-2-3-13(9-14)11-27-8-7-18(19(22)20(27)25)29-12-15-5-6-16(23)10-17(15)24/h2-10,25-26H,11-12H2,1H3. The zero-order chi connectivity index (χ0) is 21.0. The Kier molecular flexibility index (Phi) is 6.43. The van der Waals surface area contributed by atoms with E-state index in [1.54, 1.807) is 22.9 Å². The lowest BCUT2D eigenvalue weighted by atomic mass is 10.1. The minimum atomic E-state index is -0.681. The quantitative estimate of drug-likeness (QED) is 0.415. The van der Waals surface area contributed by atoms with Crippen molar-refractivity contribution < 1.29 is 18.3 Å². The van der Waals surface area contributed by atoms with Crippen molar-refractivity contribution in [1.82, 2.24) is 4.57 Å². The van der Waals surface area contributed by atoms with E-state index in [0.717, 1.165) is 11.6 Å². The summed E-state index contributed by atoms with van der Waals surface area (Å²) in [4.78, 5) is 0. The number of halogens is 3. The SMILES string of the molecule is COC(=N)c1cccc(Cn2ccc(OCc3ccc(F)cc3F)c(Br)c2=N)c1. The van der Waals surface area contributed by atoms with E-state index >= 15 is 0 Å². The molecule has 0 radical (unpaired) electrons. The third-order valence-electron chi connectivity index (χ3n) is 4.26. The van der Waals surface area contributed by atoms with E-state index in [1.165, 1.54) is 19.2 Å². The fourth-order valence-electron chi connectivity index (χ4n) is 2.71. The van der Waals surface area contributed by atoms with Crippen LogP contribution in [0.4, 0.5) is 8.78 Å². The molecule has 1 aromatic heterocycles. The summed E-state index contributed by atoms with van der Waals surface area (Å²) >= 11 is 3.36. The minimum absolute atomic E-state index is 0.0703. The van der Waals surface area contributed by atoms with E-state index in [9.17, 15) is 8.78 Å². The molecule has 150 valence electrons. The topological polar surface area (TPSA) is 71.1 Å². The van der Waals surface area contributed by atoms with Crippen LogP contribution in [0.1, 0.15) is 16.7 Å². The van der Waals surface area contributed by atoms with Crippen molar-refractivity contribution in [2.24, 2.45) is 0 Å². The number of pyridine rings is 1. The van der Waals surface area contributed by atoms with E-state index in [0.29, 0.717) is 22.3 Å². The number of aromatic nitrogens is 1. The highest BCUT2D eigenvalue weighted by Gasteiger charge is 2.10. The molecule has 0 atom stereocenters. The summed E-state index contributed by atoms with van der Waals surface area (Å²) < 4.78 is 39.4. The number of methoxy groups -OCH3 is 1. The van der Waals surface area contributed by atoms with Gasteiger partial charge in [-0.3, -0.25) is 10.8 Å². The molecule has 8 heteroatoms. The summed E-state index contributed by atoms with van der Waals surface area (Å²) in [5, 5.41) is 16.1. The molecule has 0 aliphatic carbocycles. The maximum Gasteiger partial charge on any atom is 0.212 e. The van der Waals surface area contributed by atoms with Crippen molar-refractivity contribution in [1.29, 1.82) is 10.8 Å². The third kappa shape index (κ3) is 4.89. The van der Waals surface area contributed by atoms with Gasteiger partial charge in [-0.1, -0.05) is 12.1 Å². The van der Waals surface area contributed by atoms with Gasteiger partial charge < -0.3 is 14.0 Å². The molecule has 0 saturated heterocycles. The maximum atomic E-state index is 13.8. The monoisotopic (exact) mass is 461 g/mol. The van der Waals surface area contributed by atoms with Gasteiger partial charge in [0.1, 0.15) is 34.0 Å². The van der Waals surface area contributed by atoms with Crippen molar-refractivity contribution in [3.05, 3.63) is 93.0 Å². The van der Waals surface area contributed by atoms with Gasteiger partial charge in [0.25, 0.3) is 0 Å². The molecule has 0 aliphatic rings. The molecule has 5 nitrogen and oxygen atoms in total. The first-order valence-electron chi connectivity index (χ1n) is 8.61. The van der Waals surface area contributed by atoms with Gasteiger partial charge in [-0.05, 0) is 51.8 Å². The van der Waals surface area contributed by atoms with Gasteiger partial charge in [0, 0.05) is 29.9 Å². The van der Waals surface area contributed by atoms with Crippen LogP contribution < -0.4 is 10.2 Å². The van der Waals surface area contributed by atoms with Crippen LogP contribution in [-0.2, 0) is 17.9 Å². The van der Waals surface area contributed by atoms with Gasteiger partial charge in [-0.15, -0.1) is 0 Å². The molecule has 2 aromatic carbocycles. The number of hydrogen-bond donors (Lipinski definition) is 2. The van der Waals surface area contributed by atoms with Crippen molar-refractivity contribution in [2.45, 2.75) is 13.2 Å². The molecule has 0 saturated carbocycles. The van der Waals surface area contributed by atoms with Crippen LogP contribution in [0.15, 0.2) is 59.2 Å². The number of hydrogen-bond acceptors (Lipinski definition) is 4. The van der Waals surface area contributed by atoms with Crippen molar-refractivity contribution in [2.75, 3.05) is 7.11 Å². The number of ether oxygens (including phenoxy) is 2. The van der Waals surface area contributed by atoms with Crippen LogP contribution in [0.25, 0.3) is 0 Å². The van der Waals surface area contributed by atoms with E-state index in [2.05, 4.69) is 15.9 Å². The third-order valence-corrected chi connectivity index (χ3v) is 5.03. The van der Waals surface area contributed by atoms with E-state index in [4.69, 9.17) is 20.3 Å². The number of rotatable bonds is 6. The highest BCUT2D eigenvalue weighted by atomic mass is 79.9. The molecular weight excluding hydrogens is 444 g/mol. The lowest BCUT2D eigenvalue weighted by Gasteiger charge is -2.13. The van der Waals surface area contributed by atoms with Crippen molar-refractivity contribution in [3.63, 3.8) is 0 Å². The van der Waals surface area contributed by atoms with Gasteiger partial charge in [-0.25, -0.2) is 8.78 Å². The molecule has 29 heavy (non-hydrogen) atoms.